The van der Waals surface area contributed by atoms with Crippen LogP contribution < -0.4 is 0 Å². The minimum absolute atomic E-state index is 0.250. The summed E-state index contributed by atoms with van der Waals surface area (Å²) in [7, 11) is 1.59. The first-order valence-electron chi connectivity index (χ1n) is 6.86. The molecule has 0 aliphatic heterocycles. The van der Waals surface area contributed by atoms with E-state index in [0.717, 1.165) is 16.7 Å². The van der Waals surface area contributed by atoms with Crippen LogP contribution in [0.15, 0.2) is 36.4 Å². The molecule has 0 heterocycles. The third-order valence-electron chi connectivity index (χ3n) is 3.22. The van der Waals surface area contributed by atoms with E-state index in [0.29, 0.717) is 0 Å². The Kier molecular flexibility index (Phi) is 5.06. The van der Waals surface area contributed by atoms with Crippen molar-refractivity contribution in [3.8, 4) is 0 Å². The van der Waals surface area contributed by atoms with Crippen molar-refractivity contribution in [3.63, 3.8) is 0 Å². The molecule has 1 aromatic carbocycles. The largest absolute Gasteiger partial charge is 0.466 e. The lowest BCUT2D eigenvalue weighted by Crippen LogP contribution is -2.16. The molecule has 1 aliphatic carbocycles. The summed E-state index contributed by atoms with van der Waals surface area (Å²) in [6.45, 7) is 1.99. The Morgan fingerprint density at radius 2 is 2.05 bits per heavy atom. The highest BCUT2D eigenvalue weighted by molar-refractivity contribution is 6.06. The van der Waals surface area contributed by atoms with Gasteiger partial charge in [-0.25, -0.2) is 0 Å². The van der Waals surface area contributed by atoms with E-state index in [-0.39, 0.29) is 24.9 Å². The van der Waals surface area contributed by atoms with Crippen LogP contribution in [0.25, 0.3) is 11.6 Å². The third kappa shape index (κ3) is 3.67. The van der Waals surface area contributed by atoms with Crippen LogP contribution in [0.3, 0.4) is 0 Å². The summed E-state index contributed by atoms with van der Waals surface area (Å²) in [5, 5.41) is 0. The smallest absolute Gasteiger partial charge is 0.313 e. The van der Waals surface area contributed by atoms with Gasteiger partial charge in [-0.05, 0) is 29.7 Å². The fraction of sp³-hybridized carbons (Fsp3) is 0.294. The molecule has 0 aromatic heterocycles. The van der Waals surface area contributed by atoms with Crippen LogP contribution in [0.5, 0.6) is 0 Å². The van der Waals surface area contributed by atoms with Gasteiger partial charge in [0.25, 0.3) is 0 Å². The monoisotopic (exact) mass is 286 g/mol. The summed E-state index contributed by atoms with van der Waals surface area (Å²) in [5.74, 6) is -0.788. The summed E-state index contributed by atoms with van der Waals surface area (Å²) in [6, 6.07) is 7.76. The van der Waals surface area contributed by atoms with E-state index < -0.39 is 5.97 Å². The van der Waals surface area contributed by atoms with Gasteiger partial charge in [-0.15, -0.1) is 0 Å². The van der Waals surface area contributed by atoms with Gasteiger partial charge in [-0.1, -0.05) is 36.4 Å². The number of ether oxygens (including phenoxy) is 2. The van der Waals surface area contributed by atoms with Crippen molar-refractivity contribution in [3.05, 3.63) is 47.5 Å². The van der Waals surface area contributed by atoms with Crippen LogP contribution in [0.2, 0.25) is 0 Å². The molecule has 0 fully saturated rings. The van der Waals surface area contributed by atoms with Gasteiger partial charge in [0.2, 0.25) is 0 Å². The highest BCUT2D eigenvalue weighted by Gasteiger charge is 2.21. The normalized spacial score (nSPS) is 18.4. The van der Waals surface area contributed by atoms with Gasteiger partial charge in [-0.3, -0.25) is 9.59 Å². The zero-order chi connectivity index (χ0) is 15.2. The van der Waals surface area contributed by atoms with Crippen LogP contribution >= 0.6 is 0 Å². The van der Waals surface area contributed by atoms with Crippen LogP contribution in [0.4, 0.5) is 0 Å². The number of ketones is 1. The van der Waals surface area contributed by atoms with E-state index in [1.807, 2.05) is 36.4 Å². The van der Waals surface area contributed by atoms with E-state index in [9.17, 15) is 9.59 Å². The van der Waals surface area contributed by atoms with Crippen LogP contribution in [-0.2, 0) is 19.1 Å². The number of allylic oxidation sites excluding steroid dienone is 1. The molecule has 0 radical (unpaired) electrons. The van der Waals surface area contributed by atoms with Crippen LogP contribution in [0, 0.1) is 0 Å². The molecule has 0 bridgehead atoms. The summed E-state index contributed by atoms with van der Waals surface area (Å²) in [6.07, 6.45) is 4.81. The number of fused-ring (bicyclic) bond motifs is 1. The second kappa shape index (κ2) is 6.99. The van der Waals surface area contributed by atoms with Crippen LogP contribution in [-0.4, -0.2) is 31.6 Å². The number of methoxy groups -OCH3 is 1. The van der Waals surface area contributed by atoms with Gasteiger partial charge < -0.3 is 9.47 Å². The molecule has 21 heavy (non-hydrogen) atoms. The maximum atomic E-state index is 12.0. The lowest BCUT2D eigenvalue weighted by atomic mass is 9.89. The topological polar surface area (TPSA) is 52.6 Å². The van der Waals surface area contributed by atoms with Gasteiger partial charge in [0, 0.05) is 7.11 Å². The summed E-state index contributed by atoms with van der Waals surface area (Å²) < 4.78 is 10.2. The number of benzene rings is 1. The van der Waals surface area contributed by atoms with E-state index in [1.165, 1.54) is 6.08 Å². The molecular formula is C17H18O4. The second-order valence-corrected chi connectivity index (χ2v) is 4.65. The number of carbonyl (C=O) groups is 2. The molecule has 1 unspecified atom stereocenters. The predicted octanol–water partition coefficient (Wildman–Crippen LogP) is 2.63. The number of esters is 1. The Balaban J connectivity index is 2.26. The maximum absolute atomic E-state index is 12.0. The Hall–Kier alpha value is -2.20. The van der Waals surface area contributed by atoms with Gasteiger partial charge >= 0.3 is 5.97 Å². The fourth-order valence-corrected chi connectivity index (χ4v) is 2.30. The lowest BCUT2D eigenvalue weighted by Gasteiger charge is -2.22. The fourth-order valence-electron chi connectivity index (χ4n) is 2.30. The molecule has 0 spiro atoms. The van der Waals surface area contributed by atoms with Crippen molar-refractivity contribution in [1.82, 2.24) is 0 Å². The Labute approximate surface area is 124 Å². The van der Waals surface area contributed by atoms with Crippen molar-refractivity contribution in [2.24, 2.45) is 0 Å². The first-order chi connectivity index (χ1) is 10.2. The predicted molar refractivity (Wildman–Crippen MR) is 80.5 cm³/mol. The highest BCUT2D eigenvalue weighted by atomic mass is 16.5. The van der Waals surface area contributed by atoms with Gasteiger partial charge in [0.15, 0.2) is 5.78 Å². The number of hydrogen-bond donors (Lipinski definition) is 0. The van der Waals surface area contributed by atoms with Gasteiger partial charge in [0.1, 0.15) is 12.5 Å². The second-order valence-electron chi connectivity index (χ2n) is 4.65. The van der Waals surface area contributed by atoms with Crippen molar-refractivity contribution in [1.29, 1.82) is 0 Å². The van der Waals surface area contributed by atoms with Crippen molar-refractivity contribution >= 4 is 23.4 Å². The van der Waals surface area contributed by atoms with Crippen molar-refractivity contribution < 1.29 is 19.1 Å². The molecule has 110 valence electrons. The van der Waals surface area contributed by atoms with E-state index >= 15 is 0 Å². The molecule has 4 nitrogen and oxygen atoms in total. The zero-order valence-electron chi connectivity index (χ0n) is 12.2. The maximum Gasteiger partial charge on any atom is 0.313 e. The minimum atomic E-state index is -0.507. The first-order valence-corrected chi connectivity index (χ1v) is 6.86. The molecule has 1 aromatic rings. The van der Waals surface area contributed by atoms with Crippen molar-refractivity contribution in [2.75, 3.05) is 13.7 Å². The summed E-state index contributed by atoms with van der Waals surface area (Å²) in [5.41, 5.74) is 2.75. The van der Waals surface area contributed by atoms with Crippen LogP contribution in [0.1, 0.15) is 24.5 Å². The molecule has 0 amide bonds. The first kappa shape index (κ1) is 15.2. The quantitative estimate of drug-likeness (QED) is 0.474. The van der Waals surface area contributed by atoms with Crippen molar-refractivity contribution in [2.45, 2.75) is 19.4 Å². The van der Waals surface area contributed by atoms with Gasteiger partial charge in [0.05, 0.1) is 6.61 Å². The molecule has 0 N–H and O–H groups in total. The molecular weight excluding hydrogens is 268 g/mol. The molecule has 1 atom stereocenters. The average molecular weight is 286 g/mol. The van der Waals surface area contributed by atoms with E-state index in [2.05, 4.69) is 0 Å². The lowest BCUT2D eigenvalue weighted by molar-refractivity contribution is -0.144. The molecule has 4 heteroatoms. The van der Waals surface area contributed by atoms with E-state index in [4.69, 9.17) is 9.47 Å². The Morgan fingerprint density at radius 1 is 1.29 bits per heavy atom. The Bertz CT molecular complexity index is 599. The number of carbonyl (C=O) groups excluding carboxylic acids is 2. The molecule has 0 saturated heterocycles. The van der Waals surface area contributed by atoms with E-state index in [1.54, 1.807) is 14.0 Å². The number of hydrogen-bond acceptors (Lipinski definition) is 4. The summed E-state index contributed by atoms with van der Waals surface area (Å²) in [4.78, 5) is 23.4. The minimum Gasteiger partial charge on any atom is -0.466 e. The van der Waals surface area contributed by atoms with Gasteiger partial charge in [-0.2, -0.15) is 0 Å². The Morgan fingerprint density at radius 3 is 2.76 bits per heavy atom. The summed E-state index contributed by atoms with van der Waals surface area (Å²) >= 11 is 0. The SMILES string of the molecule is CCOC(=O)CC(=O)C=C1c2ccccc2C=CC1OC. The molecule has 1 aliphatic rings. The highest BCUT2D eigenvalue weighted by Crippen LogP contribution is 2.30. The standard InChI is InChI=1S/C17H18O4/c1-3-21-17(19)11-13(18)10-15-14-7-5-4-6-12(14)8-9-16(15)20-2/h4-10,16H,3,11H2,1-2H3. The molecule has 0 saturated carbocycles. The third-order valence-corrected chi connectivity index (χ3v) is 3.22. The zero-order valence-corrected chi connectivity index (χ0v) is 12.2. The average Bonchev–Trinajstić information content (AvgIpc) is 2.47. The molecule has 2 rings (SSSR count). The number of rotatable bonds is 5.